The number of aliphatic hydroxyl groups is 1. The topological polar surface area (TPSA) is 49.8 Å². The molecule has 0 amide bonds. The number of aliphatic hydroxyl groups excluding tert-OH is 1. The van der Waals surface area contributed by atoms with Crippen LogP contribution in [-0.4, -0.2) is 41.3 Å². The van der Waals surface area contributed by atoms with Crippen LogP contribution in [0.15, 0.2) is 24.3 Å². The number of carbonyl (C=O) groups is 1. The quantitative estimate of drug-likeness (QED) is 0.712. The number of carbonyl (C=O) groups excluding carboxylic acids is 1. The van der Waals surface area contributed by atoms with Crippen molar-refractivity contribution >= 4 is 5.97 Å². The highest BCUT2D eigenvalue weighted by molar-refractivity contribution is 5.69. The van der Waals surface area contributed by atoms with E-state index < -0.39 is 6.10 Å². The highest BCUT2D eigenvalue weighted by atomic mass is 19.1. The van der Waals surface area contributed by atoms with Crippen molar-refractivity contribution in [3.05, 3.63) is 35.6 Å². The fourth-order valence-electron chi connectivity index (χ4n) is 2.44. The number of ether oxygens (including phenoxy) is 1. The molecule has 0 aromatic heterocycles. The first-order valence-electron chi connectivity index (χ1n) is 7.90. The number of hydrogen-bond acceptors (Lipinski definition) is 4. The summed E-state index contributed by atoms with van der Waals surface area (Å²) < 4.78 is 18.3. The van der Waals surface area contributed by atoms with Crippen molar-refractivity contribution in [2.75, 3.05) is 13.2 Å². The predicted octanol–water partition coefficient (Wildman–Crippen LogP) is 2.49. The lowest BCUT2D eigenvalue weighted by Crippen LogP contribution is -2.36. The molecule has 1 atom stereocenters. The van der Waals surface area contributed by atoms with Crippen LogP contribution >= 0.6 is 0 Å². The van der Waals surface area contributed by atoms with Gasteiger partial charge in [-0.3, -0.25) is 9.69 Å². The molecule has 1 aliphatic rings. The Balaban J connectivity index is 1.82. The number of benzene rings is 1. The van der Waals surface area contributed by atoms with E-state index in [4.69, 9.17) is 4.74 Å². The van der Waals surface area contributed by atoms with E-state index in [1.807, 2.05) is 13.0 Å². The zero-order chi connectivity index (χ0) is 15.9. The van der Waals surface area contributed by atoms with Crippen LogP contribution in [-0.2, 0) is 16.1 Å². The first kappa shape index (κ1) is 16.9. The van der Waals surface area contributed by atoms with Gasteiger partial charge in [0.25, 0.3) is 0 Å². The molecule has 5 heteroatoms. The molecule has 0 bridgehead atoms. The molecule has 1 aliphatic carbocycles. The van der Waals surface area contributed by atoms with E-state index in [0.29, 0.717) is 25.6 Å². The van der Waals surface area contributed by atoms with E-state index in [9.17, 15) is 14.3 Å². The second-order valence-corrected chi connectivity index (χ2v) is 5.88. The van der Waals surface area contributed by atoms with Crippen molar-refractivity contribution in [2.45, 2.75) is 51.3 Å². The molecular weight excluding hydrogens is 285 g/mol. The molecule has 1 unspecified atom stereocenters. The average molecular weight is 309 g/mol. The van der Waals surface area contributed by atoms with Crippen LogP contribution in [0.1, 0.15) is 38.2 Å². The molecule has 22 heavy (non-hydrogen) atoms. The summed E-state index contributed by atoms with van der Waals surface area (Å²) in [5, 5.41) is 10.1. The predicted molar refractivity (Wildman–Crippen MR) is 81.7 cm³/mol. The minimum Gasteiger partial charge on any atom is -0.463 e. The van der Waals surface area contributed by atoms with Crippen LogP contribution in [0.2, 0.25) is 0 Å². The molecule has 4 nitrogen and oxygen atoms in total. The Kier molecular flexibility index (Phi) is 6.34. The molecule has 1 saturated carbocycles. The van der Waals surface area contributed by atoms with E-state index >= 15 is 0 Å². The lowest BCUT2D eigenvalue weighted by molar-refractivity contribution is -0.147. The highest BCUT2D eigenvalue weighted by Crippen LogP contribution is 2.28. The molecule has 2 rings (SSSR count). The Hall–Kier alpha value is -1.46. The molecule has 1 aromatic carbocycles. The highest BCUT2D eigenvalue weighted by Gasteiger charge is 2.30. The first-order chi connectivity index (χ1) is 10.6. The van der Waals surface area contributed by atoms with Crippen LogP contribution in [0.25, 0.3) is 0 Å². The lowest BCUT2D eigenvalue weighted by Gasteiger charge is -2.25. The summed E-state index contributed by atoms with van der Waals surface area (Å²) in [5.41, 5.74) is 0.891. The van der Waals surface area contributed by atoms with Gasteiger partial charge in [-0.25, -0.2) is 4.39 Å². The van der Waals surface area contributed by atoms with Crippen molar-refractivity contribution in [3.8, 4) is 0 Å². The smallest absolute Gasteiger partial charge is 0.305 e. The maximum atomic E-state index is 13.3. The van der Waals surface area contributed by atoms with Crippen LogP contribution < -0.4 is 0 Å². The Morgan fingerprint density at radius 2 is 2.27 bits per heavy atom. The van der Waals surface area contributed by atoms with Crippen molar-refractivity contribution in [3.63, 3.8) is 0 Å². The molecule has 1 aromatic rings. The van der Waals surface area contributed by atoms with Gasteiger partial charge in [-0.1, -0.05) is 19.1 Å². The largest absolute Gasteiger partial charge is 0.463 e. The monoisotopic (exact) mass is 309 g/mol. The molecule has 0 radical (unpaired) electrons. The summed E-state index contributed by atoms with van der Waals surface area (Å²) in [6, 6.07) is 6.95. The summed E-state index contributed by atoms with van der Waals surface area (Å²) in [7, 11) is 0. The van der Waals surface area contributed by atoms with Gasteiger partial charge >= 0.3 is 5.97 Å². The van der Waals surface area contributed by atoms with Crippen molar-refractivity contribution in [1.82, 2.24) is 4.90 Å². The summed E-state index contributed by atoms with van der Waals surface area (Å²) in [6.45, 7) is 2.96. The number of hydrogen-bond donors (Lipinski definition) is 1. The Morgan fingerprint density at radius 1 is 1.50 bits per heavy atom. The molecule has 1 N–H and O–H groups in total. The van der Waals surface area contributed by atoms with Gasteiger partial charge in [0.15, 0.2) is 0 Å². The van der Waals surface area contributed by atoms with Crippen LogP contribution in [0, 0.1) is 5.82 Å². The van der Waals surface area contributed by atoms with E-state index in [1.165, 1.54) is 12.1 Å². The van der Waals surface area contributed by atoms with Gasteiger partial charge in [-0.15, -0.1) is 0 Å². The standard InChI is InChI=1S/C17H24FNO3/c1-2-4-17(21)22-12-16(20)11-19(15-7-8-15)10-13-5-3-6-14(18)9-13/h3,5-6,9,15-16,20H,2,4,7-8,10-12H2,1H3. The number of nitrogens with zero attached hydrogens (tertiary/aromatic N) is 1. The van der Waals surface area contributed by atoms with Gasteiger partial charge in [0, 0.05) is 25.6 Å². The van der Waals surface area contributed by atoms with Crippen molar-refractivity contribution in [2.24, 2.45) is 0 Å². The molecule has 1 fully saturated rings. The van der Waals surface area contributed by atoms with E-state index in [0.717, 1.165) is 24.8 Å². The average Bonchev–Trinajstić information content (AvgIpc) is 3.29. The second kappa shape index (κ2) is 8.25. The Morgan fingerprint density at radius 3 is 2.91 bits per heavy atom. The molecule has 122 valence electrons. The van der Waals surface area contributed by atoms with Crippen LogP contribution in [0.5, 0.6) is 0 Å². The Labute approximate surface area is 130 Å². The second-order valence-electron chi connectivity index (χ2n) is 5.88. The van der Waals surface area contributed by atoms with Crippen molar-refractivity contribution < 1.29 is 19.0 Å². The number of esters is 1. The van der Waals surface area contributed by atoms with Gasteiger partial charge in [0.1, 0.15) is 18.5 Å². The van der Waals surface area contributed by atoms with Gasteiger partial charge in [-0.2, -0.15) is 0 Å². The lowest BCUT2D eigenvalue weighted by atomic mass is 10.2. The van der Waals surface area contributed by atoms with Crippen molar-refractivity contribution in [1.29, 1.82) is 0 Å². The summed E-state index contributed by atoms with van der Waals surface area (Å²) in [4.78, 5) is 13.5. The summed E-state index contributed by atoms with van der Waals surface area (Å²) in [5.74, 6) is -0.521. The molecule has 0 saturated heterocycles. The third-order valence-electron chi connectivity index (χ3n) is 3.67. The number of rotatable bonds is 9. The van der Waals surface area contributed by atoms with Crippen LogP contribution in [0.3, 0.4) is 0 Å². The van der Waals surface area contributed by atoms with Gasteiger partial charge in [-0.05, 0) is 37.0 Å². The van der Waals surface area contributed by atoms with E-state index in [-0.39, 0.29) is 18.4 Å². The minimum absolute atomic E-state index is 0.0191. The first-order valence-corrected chi connectivity index (χ1v) is 7.90. The minimum atomic E-state index is -0.713. The zero-order valence-corrected chi connectivity index (χ0v) is 13.0. The maximum Gasteiger partial charge on any atom is 0.305 e. The SMILES string of the molecule is CCCC(=O)OCC(O)CN(Cc1cccc(F)c1)C1CC1. The third kappa shape index (κ3) is 5.73. The molecular formula is C17H24FNO3. The summed E-state index contributed by atoms with van der Waals surface area (Å²) in [6.07, 6.45) is 2.59. The van der Waals surface area contributed by atoms with Gasteiger partial charge in [0.2, 0.25) is 0 Å². The third-order valence-corrected chi connectivity index (χ3v) is 3.67. The molecule has 0 heterocycles. The van der Waals surface area contributed by atoms with Crippen LogP contribution in [0.4, 0.5) is 4.39 Å². The fourth-order valence-corrected chi connectivity index (χ4v) is 2.44. The van der Waals surface area contributed by atoms with E-state index in [1.54, 1.807) is 6.07 Å². The number of halogens is 1. The molecule has 0 aliphatic heterocycles. The maximum absolute atomic E-state index is 13.3. The van der Waals surface area contributed by atoms with Gasteiger partial charge in [0.05, 0.1) is 0 Å². The van der Waals surface area contributed by atoms with E-state index in [2.05, 4.69) is 4.90 Å². The normalized spacial score (nSPS) is 15.8. The Bertz CT molecular complexity index is 491. The zero-order valence-electron chi connectivity index (χ0n) is 13.0. The fraction of sp³-hybridized carbons (Fsp3) is 0.588. The molecule has 0 spiro atoms. The van der Waals surface area contributed by atoms with Gasteiger partial charge < -0.3 is 9.84 Å². The summed E-state index contributed by atoms with van der Waals surface area (Å²) >= 11 is 0.